The van der Waals surface area contributed by atoms with Crippen molar-refractivity contribution in [1.82, 2.24) is 14.5 Å². The minimum atomic E-state index is 0.256. The molecule has 2 aromatic heterocycles. The highest BCUT2D eigenvalue weighted by molar-refractivity contribution is 6.29. The Kier molecular flexibility index (Phi) is 2.37. The van der Waals surface area contributed by atoms with Crippen LogP contribution in [0.2, 0.25) is 5.15 Å². The van der Waals surface area contributed by atoms with E-state index in [2.05, 4.69) is 9.97 Å². The van der Waals surface area contributed by atoms with Gasteiger partial charge in [-0.05, 0) is 31.2 Å². The Balaban J connectivity index is 1.97. The lowest BCUT2D eigenvalue weighted by Gasteiger charge is -2.07. The van der Waals surface area contributed by atoms with E-state index < -0.39 is 0 Å². The molecule has 3 heterocycles. The van der Waals surface area contributed by atoms with Gasteiger partial charge in [0.1, 0.15) is 16.5 Å². The summed E-state index contributed by atoms with van der Waals surface area (Å²) in [6, 6.07) is 9.35. The number of imidazole rings is 1. The Hall–Kier alpha value is -2.27. The predicted molar refractivity (Wildman–Crippen MR) is 74.7 cm³/mol. The highest BCUT2D eigenvalue weighted by Gasteiger charge is 2.17. The number of hydrogen-bond donors (Lipinski definition) is 0. The van der Waals surface area contributed by atoms with Crippen molar-refractivity contribution in [3.05, 3.63) is 41.3 Å². The molecule has 3 aromatic rings. The third-order valence-electron chi connectivity index (χ3n) is 3.25. The Morgan fingerprint density at radius 2 is 1.95 bits per heavy atom. The summed E-state index contributed by atoms with van der Waals surface area (Å²) in [5, 5.41) is 0.444. The lowest BCUT2D eigenvalue weighted by molar-refractivity contribution is 0.174. The van der Waals surface area contributed by atoms with Crippen LogP contribution in [0, 0.1) is 6.92 Å². The van der Waals surface area contributed by atoms with Crippen molar-refractivity contribution in [3.63, 3.8) is 0 Å². The molecule has 0 atom stereocenters. The smallest absolute Gasteiger partial charge is 0.231 e. The topological polar surface area (TPSA) is 49.2 Å². The molecule has 1 aliphatic heterocycles. The Morgan fingerprint density at radius 3 is 2.85 bits per heavy atom. The number of aryl methyl sites for hydroxylation is 1. The highest BCUT2D eigenvalue weighted by atomic mass is 35.5. The van der Waals surface area contributed by atoms with Gasteiger partial charge in [-0.15, -0.1) is 0 Å². The quantitative estimate of drug-likeness (QED) is 0.645. The maximum Gasteiger partial charge on any atom is 0.231 e. The summed E-state index contributed by atoms with van der Waals surface area (Å²) in [7, 11) is 0. The molecule has 0 N–H and O–H groups in total. The average Bonchev–Trinajstić information content (AvgIpc) is 3.00. The Bertz CT molecular complexity index is 829. The van der Waals surface area contributed by atoms with Crippen LogP contribution in [0.15, 0.2) is 30.3 Å². The van der Waals surface area contributed by atoms with Crippen LogP contribution < -0.4 is 9.47 Å². The number of halogens is 1. The molecule has 0 spiro atoms. The van der Waals surface area contributed by atoms with E-state index in [0.717, 1.165) is 34.2 Å². The van der Waals surface area contributed by atoms with Crippen LogP contribution >= 0.6 is 11.6 Å². The second-order valence-corrected chi connectivity index (χ2v) is 4.90. The maximum absolute atomic E-state index is 5.98. The van der Waals surface area contributed by atoms with Gasteiger partial charge >= 0.3 is 0 Å². The summed E-state index contributed by atoms with van der Waals surface area (Å²) in [4.78, 5) is 8.85. The van der Waals surface area contributed by atoms with Gasteiger partial charge in [0.15, 0.2) is 17.1 Å². The van der Waals surface area contributed by atoms with Crippen molar-refractivity contribution >= 4 is 22.8 Å². The van der Waals surface area contributed by atoms with E-state index in [1.165, 1.54) is 0 Å². The van der Waals surface area contributed by atoms with Crippen molar-refractivity contribution in [2.24, 2.45) is 0 Å². The molecule has 0 saturated carbocycles. The number of nitrogens with zero attached hydrogens (tertiary/aromatic N) is 3. The van der Waals surface area contributed by atoms with E-state index in [4.69, 9.17) is 21.1 Å². The molecule has 0 unspecified atom stereocenters. The van der Waals surface area contributed by atoms with Crippen LogP contribution in [0.4, 0.5) is 0 Å². The van der Waals surface area contributed by atoms with E-state index in [1.807, 2.05) is 35.8 Å². The van der Waals surface area contributed by atoms with Gasteiger partial charge in [0.2, 0.25) is 6.79 Å². The van der Waals surface area contributed by atoms with Gasteiger partial charge < -0.3 is 9.47 Å². The SMILES string of the molecule is Cc1nc2ccc(Cl)nc2n1-c1ccc2c(c1)OCO2. The highest BCUT2D eigenvalue weighted by Crippen LogP contribution is 2.34. The monoisotopic (exact) mass is 287 g/mol. The third-order valence-corrected chi connectivity index (χ3v) is 3.46. The molecule has 6 heteroatoms. The van der Waals surface area contributed by atoms with Gasteiger partial charge in [-0.3, -0.25) is 4.57 Å². The molecule has 20 heavy (non-hydrogen) atoms. The normalized spacial score (nSPS) is 13.1. The van der Waals surface area contributed by atoms with Gasteiger partial charge in [0, 0.05) is 6.07 Å². The van der Waals surface area contributed by atoms with Gasteiger partial charge in [-0.2, -0.15) is 0 Å². The lowest BCUT2D eigenvalue weighted by atomic mass is 10.2. The Morgan fingerprint density at radius 1 is 1.10 bits per heavy atom. The van der Waals surface area contributed by atoms with Gasteiger partial charge in [-0.1, -0.05) is 11.6 Å². The summed E-state index contributed by atoms with van der Waals surface area (Å²) in [5.74, 6) is 2.32. The maximum atomic E-state index is 5.98. The first-order valence-corrected chi connectivity index (χ1v) is 6.52. The van der Waals surface area contributed by atoms with Gasteiger partial charge in [-0.25, -0.2) is 9.97 Å². The number of ether oxygens (including phenoxy) is 2. The molecule has 0 fully saturated rings. The summed E-state index contributed by atoms with van der Waals surface area (Å²) in [6.45, 7) is 2.19. The molecule has 1 aliphatic rings. The molecule has 0 amide bonds. The van der Waals surface area contributed by atoms with Crippen molar-refractivity contribution in [2.75, 3.05) is 6.79 Å². The van der Waals surface area contributed by atoms with Crippen LogP contribution in [-0.2, 0) is 0 Å². The van der Waals surface area contributed by atoms with E-state index >= 15 is 0 Å². The van der Waals surface area contributed by atoms with Crippen molar-refractivity contribution in [1.29, 1.82) is 0 Å². The van der Waals surface area contributed by atoms with Crippen LogP contribution in [0.3, 0.4) is 0 Å². The number of benzene rings is 1. The first-order valence-electron chi connectivity index (χ1n) is 6.14. The summed E-state index contributed by atoms with van der Waals surface area (Å²) < 4.78 is 12.7. The molecule has 0 bridgehead atoms. The standard InChI is InChI=1S/C14H10ClN3O2/c1-8-16-10-3-5-13(15)17-14(10)18(8)9-2-4-11-12(6-9)20-7-19-11/h2-6H,7H2,1H3. The zero-order valence-corrected chi connectivity index (χ0v) is 11.4. The summed E-state index contributed by atoms with van der Waals surface area (Å²) >= 11 is 5.98. The minimum Gasteiger partial charge on any atom is -0.454 e. The molecule has 5 nitrogen and oxygen atoms in total. The number of aromatic nitrogens is 3. The average molecular weight is 288 g/mol. The van der Waals surface area contributed by atoms with Crippen LogP contribution in [0.1, 0.15) is 5.82 Å². The number of hydrogen-bond acceptors (Lipinski definition) is 4. The fraction of sp³-hybridized carbons (Fsp3) is 0.143. The first-order chi connectivity index (χ1) is 9.72. The van der Waals surface area contributed by atoms with E-state index in [-0.39, 0.29) is 6.79 Å². The first kappa shape index (κ1) is 11.5. The molecule has 1 aromatic carbocycles. The molecular weight excluding hydrogens is 278 g/mol. The minimum absolute atomic E-state index is 0.256. The number of fused-ring (bicyclic) bond motifs is 2. The van der Waals surface area contributed by atoms with Crippen LogP contribution in [0.5, 0.6) is 11.5 Å². The van der Waals surface area contributed by atoms with Gasteiger partial charge in [0.25, 0.3) is 0 Å². The van der Waals surface area contributed by atoms with Crippen molar-refractivity contribution in [3.8, 4) is 17.2 Å². The zero-order chi connectivity index (χ0) is 13.7. The predicted octanol–water partition coefficient (Wildman–Crippen LogP) is 3.11. The molecular formula is C14H10ClN3O2. The molecule has 100 valence electrons. The summed E-state index contributed by atoms with van der Waals surface area (Å²) in [6.07, 6.45) is 0. The fourth-order valence-electron chi connectivity index (χ4n) is 2.38. The Labute approximate surface area is 119 Å². The lowest BCUT2D eigenvalue weighted by Crippen LogP contribution is -1.98. The molecule has 0 saturated heterocycles. The van der Waals surface area contributed by atoms with E-state index in [9.17, 15) is 0 Å². The second-order valence-electron chi connectivity index (χ2n) is 4.51. The fourth-order valence-corrected chi connectivity index (χ4v) is 2.52. The zero-order valence-electron chi connectivity index (χ0n) is 10.6. The number of rotatable bonds is 1. The molecule has 4 rings (SSSR count). The van der Waals surface area contributed by atoms with Crippen LogP contribution in [-0.4, -0.2) is 21.3 Å². The van der Waals surface area contributed by atoms with E-state index in [0.29, 0.717) is 5.15 Å². The molecule has 0 aliphatic carbocycles. The van der Waals surface area contributed by atoms with Crippen LogP contribution in [0.25, 0.3) is 16.9 Å². The molecule has 0 radical (unpaired) electrons. The van der Waals surface area contributed by atoms with Gasteiger partial charge in [0.05, 0.1) is 5.69 Å². The third kappa shape index (κ3) is 1.63. The summed E-state index contributed by atoms with van der Waals surface area (Å²) in [5.41, 5.74) is 2.46. The van der Waals surface area contributed by atoms with E-state index in [1.54, 1.807) is 6.07 Å². The van der Waals surface area contributed by atoms with Crippen molar-refractivity contribution < 1.29 is 9.47 Å². The van der Waals surface area contributed by atoms with Crippen molar-refractivity contribution in [2.45, 2.75) is 6.92 Å². The number of pyridine rings is 1. The largest absolute Gasteiger partial charge is 0.454 e. The second kappa shape index (κ2) is 4.11.